The molecule has 16 heavy (non-hydrogen) atoms. The van der Waals surface area contributed by atoms with Crippen molar-refractivity contribution in [1.29, 1.82) is 0 Å². The Labute approximate surface area is 103 Å². The van der Waals surface area contributed by atoms with Crippen molar-refractivity contribution in [1.82, 2.24) is 10.2 Å². The van der Waals surface area contributed by atoms with Gasteiger partial charge in [-0.2, -0.15) is 0 Å². The second-order valence-corrected chi connectivity index (χ2v) is 6.12. The molecule has 1 amide bonds. The molecule has 88 valence electrons. The fourth-order valence-electron chi connectivity index (χ4n) is 1.44. The summed E-state index contributed by atoms with van der Waals surface area (Å²) in [6.07, 6.45) is 1.58. The van der Waals surface area contributed by atoms with Gasteiger partial charge in [0.25, 0.3) is 0 Å². The van der Waals surface area contributed by atoms with Crippen molar-refractivity contribution in [2.24, 2.45) is 5.73 Å². The third-order valence-electron chi connectivity index (χ3n) is 2.97. The summed E-state index contributed by atoms with van der Waals surface area (Å²) in [4.78, 5) is 11.3. The summed E-state index contributed by atoms with van der Waals surface area (Å²) in [6.45, 7) is 4.02. The Bertz CT molecular complexity index is 425. The van der Waals surface area contributed by atoms with E-state index in [4.69, 9.17) is 17.3 Å². The highest BCUT2D eigenvalue weighted by atomic mass is 35.5. The number of nitrogens with zero attached hydrogens (tertiary/aromatic N) is 2. The van der Waals surface area contributed by atoms with Gasteiger partial charge in [0.1, 0.15) is 15.4 Å². The van der Waals surface area contributed by atoms with E-state index in [1.54, 1.807) is 0 Å². The third kappa shape index (κ3) is 1.72. The van der Waals surface area contributed by atoms with Crippen molar-refractivity contribution in [2.75, 3.05) is 5.88 Å². The lowest BCUT2D eigenvalue weighted by atomic mass is 9.98. The maximum atomic E-state index is 11.3. The fraction of sp³-hybridized carbons (Fsp3) is 0.700. The molecule has 0 aromatic carbocycles. The summed E-state index contributed by atoms with van der Waals surface area (Å²) in [5.41, 5.74) is 4.66. The molecule has 4 nitrogen and oxygen atoms in total. The number of aromatic nitrogens is 2. The molecule has 0 unspecified atom stereocenters. The molecule has 6 heteroatoms. The molecule has 1 heterocycles. The number of carbonyl (C=O) groups excluding carboxylic acids is 1. The minimum Gasteiger partial charge on any atom is -0.369 e. The Morgan fingerprint density at radius 2 is 2.19 bits per heavy atom. The zero-order valence-corrected chi connectivity index (χ0v) is 10.9. The molecule has 0 saturated heterocycles. The van der Waals surface area contributed by atoms with E-state index in [0.717, 1.165) is 22.9 Å². The standard InChI is InChI=1S/C10H14ClN3OS/c1-9(2,5-11)7-13-14-8(16-7)10(3-4-10)6(12)15/h3-5H2,1-2H3,(H2,12,15). The van der Waals surface area contributed by atoms with Gasteiger partial charge < -0.3 is 5.73 Å². The van der Waals surface area contributed by atoms with Crippen LogP contribution in [0.1, 0.15) is 36.7 Å². The fourth-order valence-corrected chi connectivity index (χ4v) is 2.84. The van der Waals surface area contributed by atoms with Gasteiger partial charge in [-0.1, -0.05) is 25.2 Å². The van der Waals surface area contributed by atoms with E-state index in [1.165, 1.54) is 11.3 Å². The SMILES string of the molecule is CC(C)(CCl)c1nnc(C2(C(N)=O)CC2)s1. The molecule has 1 aromatic rings. The highest BCUT2D eigenvalue weighted by Crippen LogP contribution is 2.49. The number of hydrogen-bond donors (Lipinski definition) is 1. The summed E-state index contributed by atoms with van der Waals surface area (Å²) >= 11 is 7.33. The maximum Gasteiger partial charge on any atom is 0.230 e. The summed E-state index contributed by atoms with van der Waals surface area (Å²) in [6, 6.07) is 0. The summed E-state index contributed by atoms with van der Waals surface area (Å²) in [5, 5.41) is 9.83. The number of alkyl halides is 1. The van der Waals surface area contributed by atoms with E-state index in [2.05, 4.69) is 10.2 Å². The average molecular weight is 260 g/mol. The summed E-state index contributed by atoms with van der Waals surface area (Å²) < 4.78 is 0. The van der Waals surface area contributed by atoms with Gasteiger partial charge in [-0.15, -0.1) is 21.8 Å². The molecule has 0 bridgehead atoms. The van der Waals surface area contributed by atoms with Crippen LogP contribution in [0.25, 0.3) is 0 Å². The molecular weight excluding hydrogens is 246 g/mol. The molecule has 0 aliphatic heterocycles. The minimum atomic E-state index is -0.529. The molecule has 1 aliphatic rings. The van der Waals surface area contributed by atoms with Crippen LogP contribution in [0, 0.1) is 0 Å². The zero-order chi connectivity index (χ0) is 12.0. The molecule has 1 saturated carbocycles. The van der Waals surface area contributed by atoms with Crippen molar-refractivity contribution in [3.63, 3.8) is 0 Å². The lowest BCUT2D eigenvalue weighted by Gasteiger charge is -2.16. The number of hydrogen-bond acceptors (Lipinski definition) is 4. The van der Waals surface area contributed by atoms with Crippen molar-refractivity contribution >= 4 is 28.8 Å². The van der Waals surface area contributed by atoms with Gasteiger partial charge in [0.2, 0.25) is 5.91 Å². The van der Waals surface area contributed by atoms with Crippen molar-refractivity contribution in [2.45, 2.75) is 37.5 Å². The lowest BCUT2D eigenvalue weighted by molar-refractivity contribution is -0.120. The lowest BCUT2D eigenvalue weighted by Crippen LogP contribution is -2.28. The molecule has 1 aromatic heterocycles. The zero-order valence-electron chi connectivity index (χ0n) is 9.29. The number of rotatable bonds is 4. The van der Waals surface area contributed by atoms with Gasteiger partial charge in [-0.25, -0.2) is 0 Å². The van der Waals surface area contributed by atoms with E-state index in [9.17, 15) is 4.79 Å². The molecule has 0 atom stereocenters. The van der Waals surface area contributed by atoms with Crippen molar-refractivity contribution in [3.8, 4) is 0 Å². The Morgan fingerprint density at radius 3 is 2.62 bits per heavy atom. The topological polar surface area (TPSA) is 68.9 Å². The first kappa shape index (κ1) is 11.8. The van der Waals surface area contributed by atoms with Gasteiger partial charge in [0.05, 0.1) is 0 Å². The van der Waals surface area contributed by atoms with Crippen LogP contribution in [-0.4, -0.2) is 22.0 Å². The monoisotopic (exact) mass is 259 g/mol. The first-order chi connectivity index (χ1) is 7.42. The molecule has 2 N–H and O–H groups in total. The van der Waals surface area contributed by atoms with E-state index in [-0.39, 0.29) is 11.3 Å². The van der Waals surface area contributed by atoms with Crippen LogP contribution in [0.2, 0.25) is 0 Å². The van der Waals surface area contributed by atoms with Crippen LogP contribution in [0.5, 0.6) is 0 Å². The van der Waals surface area contributed by atoms with E-state index < -0.39 is 5.41 Å². The number of nitrogens with two attached hydrogens (primary N) is 1. The number of carbonyl (C=O) groups is 1. The molecule has 1 fully saturated rings. The Balaban J connectivity index is 2.31. The molecule has 0 spiro atoms. The van der Waals surface area contributed by atoms with Crippen LogP contribution < -0.4 is 5.73 Å². The predicted molar refractivity (Wildman–Crippen MR) is 63.8 cm³/mol. The highest BCUT2D eigenvalue weighted by molar-refractivity contribution is 7.11. The molecule has 0 radical (unpaired) electrons. The molecule has 2 rings (SSSR count). The number of halogens is 1. The van der Waals surface area contributed by atoms with E-state index >= 15 is 0 Å². The van der Waals surface area contributed by atoms with Crippen LogP contribution in [-0.2, 0) is 15.6 Å². The average Bonchev–Trinajstić information content (AvgIpc) is 2.89. The van der Waals surface area contributed by atoms with Gasteiger partial charge in [-0.05, 0) is 12.8 Å². The predicted octanol–water partition coefficient (Wildman–Crippen LogP) is 1.57. The minimum absolute atomic E-state index is 0.203. The Morgan fingerprint density at radius 1 is 1.56 bits per heavy atom. The van der Waals surface area contributed by atoms with Crippen molar-refractivity contribution in [3.05, 3.63) is 10.0 Å². The Kier molecular flexibility index (Phi) is 2.70. The van der Waals surface area contributed by atoms with Gasteiger partial charge in [0, 0.05) is 11.3 Å². The second kappa shape index (κ2) is 3.67. The normalized spacial score (nSPS) is 18.4. The van der Waals surface area contributed by atoms with Crippen molar-refractivity contribution < 1.29 is 4.79 Å². The van der Waals surface area contributed by atoms with E-state index in [1.807, 2.05) is 13.8 Å². The van der Waals surface area contributed by atoms with Gasteiger partial charge in [0.15, 0.2) is 0 Å². The highest BCUT2D eigenvalue weighted by Gasteiger charge is 2.53. The van der Waals surface area contributed by atoms with Crippen LogP contribution in [0.3, 0.4) is 0 Å². The number of amides is 1. The van der Waals surface area contributed by atoms with E-state index in [0.29, 0.717) is 5.88 Å². The largest absolute Gasteiger partial charge is 0.369 e. The maximum absolute atomic E-state index is 11.3. The van der Waals surface area contributed by atoms with Gasteiger partial charge in [-0.3, -0.25) is 4.79 Å². The summed E-state index contributed by atoms with van der Waals surface area (Å²) in [7, 11) is 0. The van der Waals surface area contributed by atoms with Crippen LogP contribution in [0.15, 0.2) is 0 Å². The summed E-state index contributed by atoms with van der Waals surface area (Å²) in [5.74, 6) is 0.185. The van der Waals surface area contributed by atoms with Crippen LogP contribution in [0.4, 0.5) is 0 Å². The quantitative estimate of drug-likeness (QED) is 0.835. The van der Waals surface area contributed by atoms with Crippen LogP contribution >= 0.6 is 22.9 Å². The first-order valence-corrected chi connectivity index (χ1v) is 6.48. The molecule has 1 aliphatic carbocycles. The smallest absolute Gasteiger partial charge is 0.230 e. The first-order valence-electron chi connectivity index (χ1n) is 5.13. The second-order valence-electron chi connectivity index (χ2n) is 4.88. The van der Waals surface area contributed by atoms with Gasteiger partial charge >= 0.3 is 0 Å². The Hall–Kier alpha value is -0.680. The third-order valence-corrected chi connectivity index (χ3v) is 5.13. The molecular formula is C10H14ClN3OS. The number of primary amides is 1.